The fourth-order valence-corrected chi connectivity index (χ4v) is 3.86. The molecule has 1 saturated heterocycles. The Hall–Kier alpha value is -2.94. The molecule has 0 aliphatic carbocycles. The second-order valence-electron chi connectivity index (χ2n) is 7.81. The normalized spacial score (nSPS) is 17.9. The fourth-order valence-electron chi connectivity index (χ4n) is 3.86. The van der Waals surface area contributed by atoms with Gasteiger partial charge in [0, 0.05) is 25.6 Å². The van der Waals surface area contributed by atoms with Gasteiger partial charge >= 0.3 is 6.18 Å². The summed E-state index contributed by atoms with van der Waals surface area (Å²) >= 11 is 0. The average molecular weight is 431 g/mol. The minimum Gasteiger partial charge on any atom is -0.380 e. The zero-order chi connectivity index (χ0) is 22.2. The number of ether oxygens (including phenoxy) is 1. The lowest BCUT2D eigenvalue weighted by Crippen LogP contribution is -2.22. The maximum absolute atomic E-state index is 13.1. The van der Waals surface area contributed by atoms with E-state index in [1.54, 1.807) is 20.1 Å². The molecule has 1 aliphatic rings. The molecule has 0 radical (unpaired) electrons. The summed E-state index contributed by atoms with van der Waals surface area (Å²) in [6, 6.07) is 6.89. The molecule has 1 unspecified atom stereocenters. The predicted molar refractivity (Wildman–Crippen MR) is 113 cm³/mol. The molecule has 1 aromatic carbocycles. The number of anilines is 2. The Bertz CT molecular complexity index is 1090. The number of hydrogen-bond acceptors (Lipinski definition) is 6. The van der Waals surface area contributed by atoms with Crippen molar-refractivity contribution in [2.24, 2.45) is 0 Å². The number of aryl methyl sites for hydroxylation is 1. The molecule has 2 atom stereocenters. The van der Waals surface area contributed by atoms with Crippen LogP contribution in [0, 0.1) is 6.92 Å². The van der Waals surface area contributed by atoms with E-state index >= 15 is 0 Å². The SMILES string of the molecule is CO[C@H]1CCN(c2cnc3c(C)nnc(NC(C)c4cccc(C(F)(F)F)c4)c3c2)C1. The van der Waals surface area contributed by atoms with Gasteiger partial charge in [-0.2, -0.15) is 18.3 Å². The van der Waals surface area contributed by atoms with E-state index in [-0.39, 0.29) is 6.10 Å². The van der Waals surface area contributed by atoms with Crippen molar-refractivity contribution in [2.45, 2.75) is 38.6 Å². The van der Waals surface area contributed by atoms with Gasteiger partial charge in [-0.3, -0.25) is 4.98 Å². The van der Waals surface area contributed by atoms with Crippen molar-refractivity contribution in [3.8, 4) is 0 Å². The quantitative estimate of drug-likeness (QED) is 0.629. The van der Waals surface area contributed by atoms with Crippen LogP contribution in [-0.2, 0) is 10.9 Å². The number of halogens is 3. The number of nitrogens with zero attached hydrogens (tertiary/aromatic N) is 4. The van der Waals surface area contributed by atoms with Gasteiger partial charge in [0.1, 0.15) is 0 Å². The van der Waals surface area contributed by atoms with E-state index in [1.165, 1.54) is 6.07 Å². The van der Waals surface area contributed by atoms with Gasteiger partial charge in [-0.1, -0.05) is 12.1 Å². The van der Waals surface area contributed by atoms with Crippen LogP contribution in [0.2, 0.25) is 0 Å². The Morgan fingerprint density at radius 1 is 1.23 bits per heavy atom. The number of alkyl halides is 3. The van der Waals surface area contributed by atoms with E-state index in [2.05, 4.69) is 25.4 Å². The summed E-state index contributed by atoms with van der Waals surface area (Å²) in [5.41, 5.74) is 2.19. The third-order valence-electron chi connectivity index (χ3n) is 5.68. The van der Waals surface area contributed by atoms with Crippen LogP contribution in [0.4, 0.5) is 24.7 Å². The Morgan fingerprint density at radius 2 is 2.03 bits per heavy atom. The first-order valence-corrected chi connectivity index (χ1v) is 10.1. The van der Waals surface area contributed by atoms with Gasteiger partial charge in [0.25, 0.3) is 0 Å². The number of hydrogen-bond donors (Lipinski definition) is 1. The molecule has 0 bridgehead atoms. The third-order valence-corrected chi connectivity index (χ3v) is 5.68. The van der Waals surface area contributed by atoms with Crippen molar-refractivity contribution < 1.29 is 17.9 Å². The second kappa shape index (κ2) is 8.30. The molecule has 4 rings (SSSR count). The summed E-state index contributed by atoms with van der Waals surface area (Å²) in [6.07, 6.45) is -1.44. The average Bonchev–Trinajstić information content (AvgIpc) is 3.24. The maximum Gasteiger partial charge on any atom is 0.416 e. The fraction of sp³-hybridized carbons (Fsp3) is 0.409. The number of aromatic nitrogens is 3. The van der Waals surface area contributed by atoms with Gasteiger partial charge in [0.2, 0.25) is 0 Å². The molecule has 2 aromatic heterocycles. The van der Waals surface area contributed by atoms with Gasteiger partial charge < -0.3 is 15.0 Å². The highest BCUT2D eigenvalue weighted by Crippen LogP contribution is 2.33. The Balaban J connectivity index is 1.66. The van der Waals surface area contributed by atoms with Crippen LogP contribution in [0.3, 0.4) is 0 Å². The number of pyridine rings is 1. The maximum atomic E-state index is 13.1. The van der Waals surface area contributed by atoms with Crippen molar-refractivity contribution in [3.63, 3.8) is 0 Å². The summed E-state index contributed by atoms with van der Waals surface area (Å²) in [5.74, 6) is 0.488. The number of benzene rings is 1. The zero-order valence-electron chi connectivity index (χ0n) is 17.6. The summed E-state index contributed by atoms with van der Waals surface area (Å²) in [4.78, 5) is 6.79. The van der Waals surface area contributed by atoms with E-state index in [4.69, 9.17) is 4.74 Å². The highest BCUT2D eigenvalue weighted by molar-refractivity contribution is 5.92. The molecule has 31 heavy (non-hydrogen) atoms. The van der Waals surface area contributed by atoms with Crippen LogP contribution < -0.4 is 10.2 Å². The molecule has 9 heteroatoms. The van der Waals surface area contributed by atoms with E-state index in [0.717, 1.165) is 42.7 Å². The molecule has 164 valence electrons. The molecule has 0 amide bonds. The van der Waals surface area contributed by atoms with Gasteiger partial charge in [0.15, 0.2) is 5.82 Å². The number of nitrogens with one attached hydrogen (secondary N) is 1. The van der Waals surface area contributed by atoms with Gasteiger partial charge in [0.05, 0.1) is 40.8 Å². The van der Waals surface area contributed by atoms with Crippen LogP contribution in [0.1, 0.15) is 36.2 Å². The van der Waals surface area contributed by atoms with E-state index < -0.39 is 17.8 Å². The molecule has 6 nitrogen and oxygen atoms in total. The minimum atomic E-state index is -4.39. The third kappa shape index (κ3) is 4.41. The monoisotopic (exact) mass is 431 g/mol. The summed E-state index contributed by atoms with van der Waals surface area (Å²) in [6.45, 7) is 5.28. The molecule has 1 aliphatic heterocycles. The molecule has 0 saturated carbocycles. The van der Waals surface area contributed by atoms with Crippen LogP contribution in [0.5, 0.6) is 0 Å². The number of rotatable bonds is 5. The van der Waals surface area contributed by atoms with Gasteiger partial charge in [-0.15, -0.1) is 5.10 Å². The first kappa shape index (κ1) is 21.3. The van der Waals surface area contributed by atoms with Crippen molar-refractivity contribution >= 4 is 22.4 Å². The van der Waals surface area contributed by atoms with Crippen LogP contribution >= 0.6 is 0 Å². The topological polar surface area (TPSA) is 63.2 Å². The molecular formula is C22H24F3N5O. The van der Waals surface area contributed by atoms with Crippen LogP contribution in [-0.4, -0.2) is 41.5 Å². The largest absolute Gasteiger partial charge is 0.416 e. The van der Waals surface area contributed by atoms with E-state index in [1.807, 2.05) is 19.2 Å². The first-order chi connectivity index (χ1) is 14.8. The highest BCUT2D eigenvalue weighted by Gasteiger charge is 2.31. The van der Waals surface area contributed by atoms with Gasteiger partial charge in [-0.25, -0.2) is 0 Å². The summed E-state index contributed by atoms with van der Waals surface area (Å²) < 4.78 is 44.7. The lowest BCUT2D eigenvalue weighted by molar-refractivity contribution is -0.137. The van der Waals surface area contributed by atoms with E-state index in [9.17, 15) is 13.2 Å². The molecule has 0 spiro atoms. The van der Waals surface area contributed by atoms with Crippen LogP contribution in [0.25, 0.3) is 10.9 Å². The van der Waals surface area contributed by atoms with Crippen molar-refractivity contribution in [2.75, 3.05) is 30.4 Å². The van der Waals surface area contributed by atoms with Gasteiger partial charge in [-0.05, 0) is 44.0 Å². The number of methoxy groups -OCH3 is 1. The smallest absolute Gasteiger partial charge is 0.380 e. The summed E-state index contributed by atoms with van der Waals surface area (Å²) in [7, 11) is 1.71. The minimum absolute atomic E-state index is 0.187. The molecule has 1 N–H and O–H groups in total. The standard InChI is InChI=1S/C22H24F3N5O/c1-13(15-5-4-6-16(9-15)22(23,24)25)27-21-19-10-17(30-8-7-18(12-30)31-3)11-26-20(19)14(2)28-29-21/h4-6,9-11,13,18H,7-8,12H2,1-3H3,(H,27,29)/t13?,18-/m0/s1. The van der Waals surface area contributed by atoms with Crippen molar-refractivity contribution in [1.82, 2.24) is 15.2 Å². The van der Waals surface area contributed by atoms with E-state index in [0.29, 0.717) is 22.6 Å². The lowest BCUT2D eigenvalue weighted by atomic mass is 10.0. The Kier molecular flexibility index (Phi) is 5.70. The lowest BCUT2D eigenvalue weighted by Gasteiger charge is -2.20. The predicted octanol–water partition coefficient (Wildman–Crippen LogP) is 4.75. The Labute approximate surface area is 178 Å². The molecule has 1 fully saturated rings. The van der Waals surface area contributed by atoms with Crippen molar-refractivity contribution in [3.05, 3.63) is 53.3 Å². The first-order valence-electron chi connectivity index (χ1n) is 10.1. The zero-order valence-corrected chi connectivity index (χ0v) is 17.6. The van der Waals surface area contributed by atoms with Crippen molar-refractivity contribution in [1.29, 1.82) is 0 Å². The number of fused-ring (bicyclic) bond motifs is 1. The molecule has 3 heterocycles. The summed E-state index contributed by atoms with van der Waals surface area (Å²) in [5, 5.41) is 12.5. The molecular weight excluding hydrogens is 407 g/mol. The van der Waals surface area contributed by atoms with Crippen LogP contribution in [0.15, 0.2) is 36.5 Å². The molecule has 3 aromatic rings. The Morgan fingerprint density at radius 3 is 2.74 bits per heavy atom. The highest BCUT2D eigenvalue weighted by atomic mass is 19.4. The second-order valence-corrected chi connectivity index (χ2v) is 7.81.